The Morgan fingerprint density at radius 3 is 2.10 bits per heavy atom. The molecular weight excluding hydrogens is 764 g/mol. The van der Waals surface area contributed by atoms with Gasteiger partial charge >= 0.3 is 11.9 Å². The molecule has 15 heteroatoms. The zero-order valence-corrected chi connectivity index (χ0v) is 39.2. The van der Waals surface area contributed by atoms with Crippen LogP contribution in [-0.4, -0.2) is 167 Å². The van der Waals surface area contributed by atoms with E-state index >= 15 is 0 Å². The standard InChI is InChI=1S/C44H82N2O13/c1-18-32-44(13,52)36(47)29(9)46(16)22-24(4)20-42(11,51)38(59-41-35(58-39(49)26(6)23(2)3)31(45(14)15)19-25(5)54-41)27(7)34(28(8)40(50)56-32)57-33-21-43(12,53-17)37(48)30(10)55-33/h23-38,41,47-48,51-52H,18-22H2,1-17H3/t24-,25-,26?,27+,28-,29-,30+,31?,32-,33+,34+,35-,36-,37+,38-,41+,42-,43-,44-/m1/s1. The fraction of sp³-hybridized carbons (Fsp3) is 0.955. The van der Waals surface area contributed by atoms with E-state index in [1.54, 1.807) is 41.5 Å². The number of hydrogen-bond acceptors (Lipinski definition) is 15. The second kappa shape index (κ2) is 20.8. The largest absolute Gasteiger partial charge is 0.459 e. The van der Waals surface area contributed by atoms with Crippen LogP contribution in [0.4, 0.5) is 0 Å². The van der Waals surface area contributed by atoms with Gasteiger partial charge in [-0.05, 0) is 101 Å². The van der Waals surface area contributed by atoms with E-state index in [0.29, 0.717) is 13.0 Å². The van der Waals surface area contributed by atoms with Gasteiger partial charge in [0.15, 0.2) is 18.7 Å². The van der Waals surface area contributed by atoms with Gasteiger partial charge in [0.1, 0.15) is 23.9 Å². The lowest BCUT2D eigenvalue weighted by Crippen LogP contribution is -2.61. The number of nitrogens with zero attached hydrogens (tertiary/aromatic N) is 2. The molecule has 0 saturated carbocycles. The van der Waals surface area contributed by atoms with Crippen LogP contribution in [0.15, 0.2) is 0 Å². The Labute approximate surface area is 354 Å². The fourth-order valence-corrected chi connectivity index (χ4v) is 9.36. The molecule has 19 atom stereocenters. The first-order valence-electron chi connectivity index (χ1n) is 21.9. The van der Waals surface area contributed by atoms with Gasteiger partial charge in [-0.1, -0.05) is 41.5 Å². The zero-order valence-electron chi connectivity index (χ0n) is 39.2. The molecule has 2 unspecified atom stereocenters. The summed E-state index contributed by atoms with van der Waals surface area (Å²) in [6.45, 7) is 23.8. The average molecular weight is 847 g/mol. The predicted molar refractivity (Wildman–Crippen MR) is 222 cm³/mol. The number of esters is 2. The van der Waals surface area contributed by atoms with E-state index in [-0.39, 0.29) is 49.2 Å². The summed E-state index contributed by atoms with van der Waals surface area (Å²) in [6, 6.07) is -0.848. The number of carbonyl (C=O) groups is 2. The van der Waals surface area contributed by atoms with Crippen LogP contribution in [0.5, 0.6) is 0 Å². The van der Waals surface area contributed by atoms with Crippen molar-refractivity contribution < 1.29 is 63.2 Å². The van der Waals surface area contributed by atoms with Crippen molar-refractivity contribution in [3.8, 4) is 0 Å². The summed E-state index contributed by atoms with van der Waals surface area (Å²) >= 11 is 0. The van der Waals surface area contributed by atoms with Crippen molar-refractivity contribution in [2.45, 2.75) is 206 Å². The van der Waals surface area contributed by atoms with Crippen LogP contribution in [0.25, 0.3) is 0 Å². The van der Waals surface area contributed by atoms with E-state index in [4.69, 9.17) is 33.2 Å². The Hall–Kier alpha value is -1.50. The van der Waals surface area contributed by atoms with E-state index in [9.17, 15) is 30.0 Å². The number of cyclic esters (lactones) is 1. The third kappa shape index (κ3) is 12.2. The maximum atomic E-state index is 14.4. The highest BCUT2D eigenvalue weighted by Crippen LogP contribution is 2.40. The fourth-order valence-electron chi connectivity index (χ4n) is 9.36. The third-order valence-electron chi connectivity index (χ3n) is 13.8. The molecule has 3 rings (SSSR count). The minimum atomic E-state index is -1.82. The predicted octanol–water partition coefficient (Wildman–Crippen LogP) is 3.74. The van der Waals surface area contributed by atoms with Gasteiger partial charge in [0.05, 0.1) is 53.5 Å². The molecule has 0 bridgehead atoms. The quantitative estimate of drug-likeness (QED) is 0.233. The van der Waals surface area contributed by atoms with Crippen LogP contribution >= 0.6 is 0 Å². The highest BCUT2D eigenvalue weighted by Gasteiger charge is 2.53. The van der Waals surface area contributed by atoms with Gasteiger partial charge in [0.25, 0.3) is 0 Å². The molecule has 0 spiro atoms. The summed E-state index contributed by atoms with van der Waals surface area (Å²) in [5.74, 6) is -3.48. The Morgan fingerprint density at radius 1 is 0.949 bits per heavy atom. The summed E-state index contributed by atoms with van der Waals surface area (Å²) in [7, 11) is 7.18. The topological polar surface area (TPSA) is 186 Å². The molecule has 15 nitrogen and oxygen atoms in total. The minimum absolute atomic E-state index is 0.0251. The number of aliphatic hydroxyl groups excluding tert-OH is 2. The first kappa shape index (κ1) is 51.8. The summed E-state index contributed by atoms with van der Waals surface area (Å²) in [4.78, 5) is 32.0. The van der Waals surface area contributed by atoms with Crippen molar-refractivity contribution in [2.24, 2.45) is 29.6 Å². The first-order valence-corrected chi connectivity index (χ1v) is 21.9. The first-order chi connectivity index (χ1) is 27.1. The number of ether oxygens (including phenoxy) is 7. The third-order valence-corrected chi connectivity index (χ3v) is 13.8. The van der Waals surface area contributed by atoms with Crippen LogP contribution in [0.1, 0.15) is 116 Å². The maximum absolute atomic E-state index is 14.4. The number of likely N-dealkylation sites (N-methyl/N-ethyl adjacent to an activating group) is 2. The van der Waals surface area contributed by atoms with Gasteiger partial charge in [-0.25, -0.2) is 0 Å². The Bertz CT molecular complexity index is 1350. The Kier molecular flexibility index (Phi) is 18.3. The molecule has 0 aromatic rings. The average Bonchev–Trinajstić information content (AvgIpc) is 3.15. The molecular formula is C44H82N2O13. The number of rotatable bonds is 10. The Morgan fingerprint density at radius 2 is 1.56 bits per heavy atom. The highest BCUT2D eigenvalue weighted by atomic mass is 16.7. The summed E-state index contributed by atoms with van der Waals surface area (Å²) in [5.41, 5.74) is -4.48. The van der Waals surface area contributed by atoms with Crippen molar-refractivity contribution in [1.82, 2.24) is 9.80 Å². The Balaban J connectivity index is 2.25. The van der Waals surface area contributed by atoms with Crippen molar-refractivity contribution in [3.63, 3.8) is 0 Å². The molecule has 346 valence electrons. The summed E-state index contributed by atoms with van der Waals surface area (Å²) in [5, 5.41) is 47.3. The van der Waals surface area contributed by atoms with Crippen LogP contribution < -0.4 is 0 Å². The van der Waals surface area contributed by atoms with Gasteiger partial charge in [0, 0.05) is 32.0 Å². The number of carbonyl (C=O) groups excluding carboxylic acids is 2. The lowest BCUT2D eigenvalue weighted by molar-refractivity contribution is -0.319. The van der Waals surface area contributed by atoms with Crippen molar-refractivity contribution in [3.05, 3.63) is 0 Å². The number of aliphatic hydroxyl groups is 4. The van der Waals surface area contributed by atoms with Crippen molar-refractivity contribution in [2.75, 3.05) is 34.8 Å². The monoisotopic (exact) mass is 847 g/mol. The van der Waals surface area contributed by atoms with Gasteiger partial charge in [0.2, 0.25) is 0 Å². The van der Waals surface area contributed by atoms with Crippen LogP contribution in [0.3, 0.4) is 0 Å². The molecule has 4 N–H and O–H groups in total. The number of hydrogen-bond donors (Lipinski definition) is 4. The smallest absolute Gasteiger partial charge is 0.311 e. The van der Waals surface area contributed by atoms with Crippen LogP contribution in [-0.2, 0) is 42.7 Å². The van der Waals surface area contributed by atoms with Crippen molar-refractivity contribution in [1.29, 1.82) is 0 Å². The van der Waals surface area contributed by atoms with Crippen molar-refractivity contribution >= 4 is 11.9 Å². The van der Waals surface area contributed by atoms with Gasteiger partial charge in [-0.2, -0.15) is 0 Å². The van der Waals surface area contributed by atoms with E-state index in [1.807, 2.05) is 72.5 Å². The van der Waals surface area contributed by atoms with E-state index in [1.165, 1.54) is 14.0 Å². The summed E-state index contributed by atoms with van der Waals surface area (Å²) < 4.78 is 44.7. The molecule has 0 radical (unpaired) electrons. The van der Waals surface area contributed by atoms with Gasteiger partial charge in [-0.3, -0.25) is 9.59 Å². The molecule has 0 aromatic carbocycles. The van der Waals surface area contributed by atoms with Gasteiger partial charge < -0.3 is 63.4 Å². The molecule has 3 aliphatic heterocycles. The minimum Gasteiger partial charge on any atom is -0.459 e. The molecule has 3 aliphatic rings. The van der Waals surface area contributed by atoms with Crippen LogP contribution in [0, 0.1) is 29.6 Å². The molecule has 3 heterocycles. The summed E-state index contributed by atoms with van der Waals surface area (Å²) in [6.07, 6.45) is -8.39. The van der Waals surface area contributed by atoms with E-state index in [0.717, 1.165) is 0 Å². The molecule has 0 aromatic heterocycles. The highest BCUT2D eigenvalue weighted by molar-refractivity contribution is 5.73. The molecule has 59 heavy (non-hydrogen) atoms. The van der Waals surface area contributed by atoms with Gasteiger partial charge in [-0.15, -0.1) is 0 Å². The number of methoxy groups -OCH3 is 1. The van der Waals surface area contributed by atoms with E-state index in [2.05, 4.69) is 0 Å². The SMILES string of the molecule is CC[C@H]1OC(=O)[C@H](C)[C@@H](O[C@H]2C[C@@](C)(OC)[C@@H](O)[C@H](C)O2)[C@H](C)[C@@H](O[C@@H]2O[C@H](C)CC(N(C)C)[C@H]2OC(=O)C(C)C(C)C)[C@](C)(O)C[C@@H](C)CN(C)[C@H](C)[C@@H](O)[C@]1(C)O. The molecule has 0 aliphatic carbocycles. The second-order valence-electron chi connectivity index (χ2n) is 19.6. The zero-order chi connectivity index (χ0) is 45.1. The van der Waals surface area contributed by atoms with E-state index < -0.39 is 102 Å². The maximum Gasteiger partial charge on any atom is 0.311 e. The molecule has 3 saturated heterocycles. The van der Waals surface area contributed by atoms with Crippen LogP contribution in [0.2, 0.25) is 0 Å². The molecule has 3 fully saturated rings. The normalized spacial score (nSPS) is 45.7. The molecule has 0 amide bonds. The lowest BCUT2D eigenvalue weighted by atomic mass is 9.77. The second-order valence-corrected chi connectivity index (χ2v) is 19.6. The lowest BCUT2D eigenvalue weighted by Gasteiger charge is -2.49.